The van der Waals surface area contributed by atoms with E-state index in [4.69, 9.17) is 24.9 Å². The van der Waals surface area contributed by atoms with E-state index in [1.54, 1.807) is 11.3 Å². The molecule has 5 aromatic heterocycles. The van der Waals surface area contributed by atoms with Crippen molar-refractivity contribution in [2.45, 2.75) is 0 Å². The van der Waals surface area contributed by atoms with E-state index in [2.05, 4.69) is 59.6 Å². The maximum absolute atomic E-state index is 4.95. The smallest absolute Gasteiger partial charge is 0.164 e. The first-order valence-electron chi connectivity index (χ1n) is 15.3. The first-order valence-corrected chi connectivity index (χ1v) is 16.1. The summed E-state index contributed by atoms with van der Waals surface area (Å²) in [6, 6.07) is 43.0. The maximum Gasteiger partial charge on any atom is 0.164 e. The number of hydrogen-bond acceptors (Lipinski definition) is 7. The van der Waals surface area contributed by atoms with Crippen molar-refractivity contribution >= 4 is 42.4 Å². The van der Waals surface area contributed by atoms with Gasteiger partial charge in [-0.3, -0.25) is 15.0 Å². The molecule has 0 aliphatic rings. The third-order valence-electron chi connectivity index (χ3n) is 8.28. The number of pyridine rings is 3. The predicted molar refractivity (Wildman–Crippen MR) is 191 cm³/mol. The van der Waals surface area contributed by atoms with Crippen LogP contribution in [-0.2, 0) is 0 Å². The minimum atomic E-state index is 0.622. The molecule has 47 heavy (non-hydrogen) atoms. The Bertz CT molecular complexity index is 2520. The molecule has 6 nitrogen and oxygen atoms in total. The summed E-state index contributed by atoms with van der Waals surface area (Å²) >= 11 is 1.71. The van der Waals surface area contributed by atoms with Gasteiger partial charge in [0.05, 0.1) is 20.6 Å². The lowest BCUT2D eigenvalue weighted by Gasteiger charge is -2.11. The number of benzene rings is 4. The van der Waals surface area contributed by atoms with Crippen molar-refractivity contribution in [2.24, 2.45) is 0 Å². The van der Waals surface area contributed by atoms with Crippen molar-refractivity contribution in [1.82, 2.24) is 29.9 Å². The molecule has 0 saturated heterocycles. The molecule has 9 aromatic rings. The number of aromatic nitrogens is 6. The number of nitrogens with zero attached hydrogens (tertiary/aromatic N) is 6. The quantitative estimate of drug-likeness (QED) is 0.191. The molecule has 0 bridgehead atoms. The Morgan fingerprint density at radius 3 is 1.91 bits per heavy atom. The third kappa shape index (κ3) is 4.90. The van der Waals surface area contributed by atoms with Crippen LogP contribution in [0.25, 0.3) is 87.8 Å². The van der Waals surface area contributed by atoms with Crippen molar-refractivity contribution in [3.8, 4) is 56.7 Å². The van der Waals surface area contributed by atoms with Crippen molar-refractivity contribution < 1.29 is 0 Å². The van der Waals surface area contributed by atoms with Crippen LogP contribution in [0.3, 0.4) is 0 Å². The molecular formula is C40H24N6S. The highest BCUT2D eigenvalue weighted by Crippen LogP contribution is 2.38. The van der Waals surface area contributed by atoms with E-state index in [9.17, 15) is 0 Å². The largest absolute Gasteiger partial charge is 0.255 e. The van der Waals surface area contributed by atoms with Crippen molar-refractivity contribution in [3.63, 3.8) is 0 Å². The van der Waals surface area contributed by atoms with E-state index >= 15 is 0 Å². The van der Waals surface area contributed by atoms with Crippen LogP contribution in [0, 0.1) is 0 Å². The zero-order valence-corrected chi connectivity index (χ0v) is 25.8. The SMILES string of the molecule is c1ccc(-c2nc(-c3ccccc3)nc(-c3cccc(-c4cccc5cc(-c6nccc7c6sc6cccnc67)ncc45)c3)n2)cc1. The summed E-state index contributed by atoms with van der Waals surface area (Å²) in [4.78, 5) is 29.0. The molecule has 7 heteroatoms. The Hall–Kier alpha value is -6.18. The molecule has 220 valence electrons. The minimum Gasteiger partial charge on any atom is -0.255 e. The van der Waals surface area contributed by atoms with Crippen LogP contribution in [-0.4, -0.2) is 29.9 Å². The van der Waals surface area contributed by atoms with Crippen LogP contribution in [0.4, 0.5) is 0 Å². The predicted octanol–water partition coefficient (Wildman–Crippen LogP) is 9.91. The fourth-order valence-electron chi connectivity index (χ4n) is 6.02. The molecule has 0 atom stereocenters. The number of hydrogen-bond donors (Lipinski definition) is 0. The molecule has 0 fully saturated rings. The van der Waals surface area contributed by atoms with Gasteiger partial charge in [0.2, 0.25) is 0 Å². The summed E-state index contributed by atoms with van der Waals surface area (Å²) in [5, 5.41) is 3.25. The molecule has 4 aromatic carbocycles. The van der Waals surface area contributed by atoms with Crippen LogP contribution in [0.15, 0.2) is 146 Å². The van der Waals surface area contributed by atoms with Crippen LogP contribution in [0.1, 0.15) is 0 Å². The van der Waals surface area contributed by atoms with E-state index in [1.165, 1.54) is 0 Å². The lowest BCUT2D eigenvalue weighted by atomic mass is 9.97. The average molecular weight is 621 g/mol. The average Bonchev–Trinajstić information content (AvgIpc) is 3.54. The highest BCUT2D eigenvalue weighted by Gasteiger charge is 2.16. The zero-order chi connectivity index (χ0) is 31.2. The Kier molecular flexibility index (Phi) is 6.54. The summed E-state index contributed by atoms with van der Waals surface area (Å²) in [5.41, 5.74) is 7.66. The fraction of sp³-hybridized carbons (Fsp3) is 0. The van der Waals surface area contributed by atoms with Gasteiger partial charge in [0.1, 0.15) is 5.69 Å². The lowest BCUT2D eigenvalue weighted by molar-refractivity contribution is 1.07. The van der Waals surface area contributed by atoms with Crippen LogP contribution in [0.5, 0.6) is 0 Å². The summed E-state index contributed by atoms with van der Waals surface area (Å²) in [6.07, 6.45) is 5.65. The summed E-state index contributed by atoms with van der Waals surface area (Å²) < 4.78 is 2.24. The number of rotatable bonds is 5. The Morgan fingerprint density at radius 2 is 1.15 bits per heavy atom. The molecule has 0 saturated carbocycles. The number of thiophene rings is 1. The molecule has 0 radical (unpaired) electrons. The highest BCUT2D eigenvalue weighted by molar-refractivity contribution is 7.26. The zero-order valence-electron chi connectivity index (χ0n) is 24.9. The van der Waals surface area contributed by atoms with Gasteiger partial charge < -0.3 is 0 Å². The standard InChI is InChI=1S/C40H24N6S/c1-3-10-25(11-4-1)38-44-39(26-12-5-2-6-13-26)46-40(45-38)29-16-7-14-27(22-29)30-17-8-15-28-23-33(43-24-32(28)30)36-37-31(19-21-42-36)35-34(47-37)18-9-20-41-35/h1-24H. The van der Waals surface area contributed by atoms with Gasteiger partial charge in [-0.25, -0.2) is 15.0 Å². The monoisotopic (exact) mass is 620 g/mol. The summed E-state index contributed by atoms with van der Waals surface area (Å²) in [7, 11) is 0. The van der Waals surface area contributed by atoms with Crippen molar-refractivity contribution in [1.29, 1.82) is 0 Å². The Morgan fingerprint density at radius 1 is 0.468 bits per heavy atom. The second kappa shape index (κ2) is 11.3. The van der Waals surface area contributed by atoms with E-state index in [0.717, 1.165) is 70.3 Å². The Labute approximate surface area is 274 Å². The molecule has 0 unspecified atom stereocenters. The second-order valence-electron chi connectivity index (χ2n) is 11.2. The molecule has 0 amide bonds. The van der Waals surface area contributed by atoms with Crippen LogP contribution < -0.4 is 0 Å². The molecule has 0 aliphatic carbocycles. The molecule has 5 heterocycles. The van der Waals surface area contributed by atoms with Crippen LogP contribution >= 0.6 is 11.3 Å². The van der Waals surface area contributed by atoms with Gasteiger partial charge in [-0.2, -0.15) is 0 Å². The summed E-state index contributed by atoms with van der Waals surface area (Å²) in [6.45, 7) is 0. The second-order valence-corrected chi connectivity index (χ2v) is 12.3. The van der Waals surface area contributed by atoms with Gasteiger partial charge in [-0.1, -0.05) is 97.1 Å². The highest BCUT2D eigenvalue weighted by atomic mass is 32.1. The molecule has 9 rings (SSSR count). The van der Waals surface area contributed by atoms with Gasteiger partial charge in [-0.05, 0) is 46.8 Å². The third-order valence-corrected chi connectivity index (χ3v) is 9.45. The Balaban J connectivity index is 1.14. The van der Waals surface area contributed by atoms with E-state index in [-0.39, 0.29) is 0 Å². The molecule has 0 N–H and O–H groups in total. The maximum atomic E-state index is 4.95. The molecular weight excluding hydrogens is 597 g/mol. The first-order chi connectivity index (χ1) is 23.3. The number of fused-ring (bicyclic) bond motifs is 4. The van der Waals surface area contributed by atoms with Crippen LogP contribution in [0.2, 0.25) is 0 Å². The van der Waals surface area contributed by atoms with Gasteiger partial charge in [0.25, 0.3) is 0 Å². The van der Waals surface area contributed by atoms with Gasteiger partial charge in [-0.15, -0.1) is 11.3 Å². The van der Waals surface area contributed by atoms with Gasteiger partial charge in [0.15, 0.2) is 17.5 Å². The summed E-state index contributed by atoms with van der Waals surface area (Å²) in [5.74, 6) is 1.90. The van der Waals surface area contributed by atoms with Crippen molar-refractivity contribution in [3.05, 3.63) is 146 Å². The molecule has 0 spiro atoms. The van der Waals surface area contributed by atoms with E-state index < -0.39 is 0 Å². The fourth-order valence-corrected chi connectivity index (χ4v) is 7.18. The van der Waals surface area contributed by atoms with E-state index in [0.29, 0.717) is 17.5 Å². The van der Waals surface area contributed by atoms with Gasteiger partial charge in [0, 0.05) is 46.1 Å². The molecule has 0 aliphatic heterocycles. The normalized spacial score (nSPS) is 11.4. The van der Waals surface area contributed by atoms with Crippen molar-refractivity contribution in [2.75, 3.05) is 0 Å². The lowest BCUT2D eigenvalue weighted by Crippen LogP contribution is -2.00. The van der Waals surface area contributed by atoms with E-state index in [1.807, 2.05) is 91.4 Å². The first kappa shape index (κ1) is 27.2. The topological polar surface area (TPSA) is 77.3 Å². The minimum absolute atomic E-state index is 0.622. The van der Waals surface area contributed by atoms with Gasteiger partial charge >= 0.3 is 0 Å².